The van der Waals surface area contributed by atoms with Crippen LogP contribution in [0.5, 0.6) is 0 Å². The molecular weight excluding hydrogens is 378 g/mol. The summed E-state index contributed by atoms with van der Waals surface area (Å²) in [5, 5.41) is 2.52. The van der Waals surface area contributed by atoms with Gasteiger partial charge in [0.25, 0.3) is 5.91 Å². The summed E-state index contributed by atoms with van der Waals surface area (Å²) in [6.07, 6.45) is 0. The molecule has 0 bridgehead atoms. The third-order valence-corrected chi connectivity index (χ3v) is 5.74. The van der Waals surface area contributed by atoms with Gasteiger partial charge in [0.1, 0.15) is 10.7 Å². The minimum absolute atomic E-state index is 0.0000598. The highest BCUT2D eigenvalue weighted by Gasteiger charge is 2.22. The van der Waals surface area contributed by atoms with Crippen molar-refractivity contribution in [3.05, 3.63) is 57.8 Å². The third kappa shape index (κ3) is 3.87. The highest BCUT2D eigenvalue weighted by molar-refractivity contribution is 7.89. The molecule has 0 fully saturated rings. The van der Waals surface area contributed by atoms with E-state index in [1.54, 1.807) is 0 Å². The van der Waals surface area contributed by atoms with E-state index in [9.17, 15) is 17.6 Å². The second-order valence-corrected chi connectivity index (χ2v) is 7.95. The number of carbonyl (C=O) groups excluding carboxylic acids is 1. The zero-order valence-electron chi connectivity index (χ0n) is 12.7. The van der Waals surface area contributed by atoms with Gasteiger partial charge in [-0.3, -0.25) is 4.79 Å². The maximum absolute atomic E-state index is 13.0. The fourth-order valence-electron chi connectivity index (χ4n) is 1.82. The minimum atomic E-state index is -3.80. The first kappa shape index (κ1) is 18.7. The Kier molecular flexibility index (Phi) is 5.49. The number of benzene rings is 2. The van der Waals surface area contributed by atoms with Crippen molar-refractivity contribution in [2.75, 3.05) is 19.4 Å². The fourth-order valence-corrected chi connectivity index (χ4v) is 3.43. The SMILES string of the molecule is CN(C)S(=O)(=O)c1cc(C(=O)Nc2ccc(F)cc2Cl)ccc1Cl. The number of carbonyl (C=O) groups is 1. The van der Waals surface area contributed by atoms with E-state index in [4.69, 9.17) is 23.2 Å². The molecule has 0 unspecified atom stereocenters. The Balaban J connectivity index is 2.37. The van der Waals surface area contributed by atoms with Gasteiger partial charge in [-0.1, -0.05) is 23.2 Å². The number of hydrogen-bond acceptors (Lipinski definition) is 3. The van der Waals surface area contributed by atoms with E-state index < -0.39 is 21.7 Å². The standard InChI is InChI=1S/C15H13Cl2FN2O3S/c1-20(2)24(22,23)14-7-9(3-5-11(14)16)15(21)19-13-6-4-10(18)8-12(13)17/h3-8H,1-2H3,(H,19,21). The number of sulfonamides is 1. The number of rotatable bonds is 4. The van der Waals surface area contributed by atoms with Gasteiger partial charge in [-0.25, -0.2) is 17.1 Å². The van der Waals surface area contributed by atoms with E-state index in [1.807, 2.05) is 0 Å². The monoisotopic (exact) mass is 390 g/mol. The molecule has 0 aliphatic carbocycles. The second-order valence-electron chi connectivity index (χ2n) is 5.01. The number of anilines is 1. The summed E-state index contributed by atoms with van der Waals surface area (Å²) in [5.74, 6) is -1.14. The number of halogens is 3. The largest absolute Gasteiger partial charge is 0.321 e. The molecule has 2 rings (SSSR count). The summed E-state index contributed by atoms with van der Waals surface area (Å²) in [7, 11) is -1.09. The average Bonchev–Trinajstić information content (AvgIpc) is 2.50. The Bertz CT molecular complexity index is 902. The Morgan fingerprint density at radius 3 is 2.33 bits per heavy atom. The summed E-state index contributed by atoms with van der Waals surface area (Å²) in [4.78, 5) is 12.1. The molecule has 1 N–H and O–H groups in total. The number of amides is 1. The van der Waals surface area contributed by atoms with Crippen LogP contribution in [0.2, 0.25) is 10.0 Å². The molecule has 2 aromatic carbocycles. The molecule has 5 nitrogen and oxygen atoms in total. The van der Waals surface area contributed by atoms with Gasteiger partial charge < -0.3 is 5.32 Å². The molecular formula is C15H13Cl2FN2O3S. The van der Waals surface area contributed by atoms with E-state index in [2.05, 4.69) is 5.32 Å². The van der Waals surface area contributed by atoms with Crippen molar-refractivity contribution in [3.63, 3.8) is 0 Å². The molecule has 0 aliphatic rings. The summed E-state index contributed by atoms with van der Waals surface area (Å²) >= 11 is 11.8. The van der Waals surface area contributed by atoms with Gasteiger partial charge in [0.2, 0.25) is 10.0 Å². The smallest absolute Gasteiger partial charge is 0.255 e. The van der Waals surface area contributed by atoms with Gasteiger partial charge in [-0.2, -0.15) is 0 Å². The highest BCUT2D eigenvalue weighted by Crippen LogP contribution is 2.26. The van der Waals surface area contributed by atoms with Gasteiger partial charge in [0, 0.05) is 19.7 Å². The maximum atomic E-state index is 13.0. The summed E-state index contributed by atoms with van der Waals surface area (Å²) in [6, 6.07) is 7.38. The van der Waals surface area contributed by atoms with Crippen LogP contribution in [0, 0.1) is 5.82 Å². The molecule has 9 heteroatoms. The van der Waals surface area contributed by atoms with Crippen LogP contribution in [0.1, 0.15) is 10.4 Å². The normalized spacial score (nSPS) is 11.6. The van der Waals surface area contributed by atoms with E-state index in [1.165, 1.54) is 38.4 Å². The van der Waals surface area contributed by atoms with Gasteiger partial charge in [-0.05, 0) is 36.4 Å². The summed E-state index contributed by atoms with van der Waals surface area (Å²) < 4.78 is 38.5. The molecule has 128 valence electrons. The van der Waals surface area contributed by atoms with Crippen LogP contribution < -0.4 is 5.32 Å². The Morgan fingerprint density at radius 2 is 1.75 bits per heavy atom. The van der Waals surface area contributed by atoms with Crippen LogP contribution in [0.15, 0.2) is 41.3 Å². The predicted molar refractivity (Wildman–Crippen MR) is 91.7 cm³/mol. The van der Waals surface area contributed by atoms with Gasteiger partial charge >= 0.3 is 0 Å². The third-order valence-electron chi connectivity index (χ3n) is 3.13. The molecule has 24 heavy (non-hydrogen) atoms. The summed E-state index contributed by atoms with van der Waals surface area (Å²) in [6.45, 7) is 0. The molecule has 0 heterocycles. The van der Waals surface area contributed by atoms with Crippen molar-refractivity contribution in [1.29, 1.82) is 0 Å². The lowest BCUT2D eigenvalue weighted by molar-refractivity contribution is 0.102. The van der Waals surface area contributed by atoms with Crippen molar-refractivity contribution >= 4 is 44.8 Å². The van der Waals surface area contributed by atoms with Crippen molar-refractivity contribution in [1.82, 2.24) is 4.31 Å². The molecule has 0 radical (unpaired) electrons. The Labute approximate surface area is 149 Å². The quantitative estimate of drug-likeness (QED) is 0.866. The molecule has 0 atom stereocenters. The van der Waals surface area contributed by atoms with Gasteiger partial charge in [0.05, 0.1) is 15.7 Å². The first-order valence-electron chi connectivity index (χ1n) is 6.61. The molecule has 0 spiro atoms. The average molecular weight is 391 g/mol. The van der Waals surface area contributed by atoms with E-state index in [-0.39, 0.29) is 26.2 Å². The Hall–Kier alpha value is -1.67. The minimum Gasteiger partial charge on any atom is -0.321 e. The number of hydrogen-bond donors (Lipinski definition) is 1. The lowest BCUT2D eigenvalue weighted by atomic mass is 10.2. The van der Waals surface area contributed by atoms with E-state index >= 15 is 0 Å². The van der Waals surface area contributed by atoms with Crippen LogP contribution >= 0.6 is 23.2 Å². The van der Waals surface area contributed by atoms with Gasteiger partial charge in [0.15, 0.2) is 0 Å². The highest BCUT2D eigenvalue weighted by atomic mass is 35.5. The second kappa shape index (κ2) is 7.06. The molecule has 0 saturated carbocycles. The van der Waals surface area contributed by atoms with Crippen LogP contribution in [0.25, 0.3) is 0 Å². The van der Waals surface area contributed by atoms with Crippen molar-refractivity contribution in [2.24, 2.45) is 0 Å². The Morgan fingerprint density at radius 1 is 1.08 bits per heavy atom. The lowest BCUT2D eigenvalue weighted by Gasteiger charge is -2.14. The van der Waals surface area contributed by atoms with E-state index in [0.29, 0.717) is 0 Å². The lowest BCUT2D eigenvalue weighted by Crippen LogP contribution is -2.23. The predicted octanol–water partition coefficient (Wildman–Crippen LogP) is 3.64. The summed E-state index contributed by atoms with van der Waals surface area (Å²) in [5.41, 5.74) is 0.273. The first-order chi connectivity index (χ1) is 11.1. The molecule has 0 aromatic heterocycles. The van der Waals surface area contributed by atoms with Crippen molar-refractivity contribution in [2.45, 2.75) is 4.90 Å². The van der Waals surface area contributed by atoms with Crippen LogP contribution in [-0.2, 0) is 10.0 Å². The van der Waals surface area contributed by atoms with Crippen LogP contribution in [0.4, 0.5) is 10.1 Å². The van der Waals surface area contributed by atoms with Gasteiger partial charge in [-0.15, -0.1) is 0 Å². The first-order valence-corrected chi connectivity index (χ1v) is 8.81. The molecule has 0 aliphatic heterocycles. The zero-order valence-corrected chi connectivity index (χ0v) is 15.0. The van der Waals surface area contributed by atoms with Crippen LogP contribution in [0.3, 0.4) is 0 Å². The van der Waals surface area contributed by atoms with Crippen molar-refractivity contribution in [3.8, 4) is 0 Å². The fraction of sp³-hybridized carbons (Fsp3) is 0.133. The van der Waals surface area contributed by atoms with Crippen LogP contribution in [-0.4, -0.2) is 32.7 Å². The molecule has 2 aromatic rings. The van der Waals surface area contributed by atoms with Crippen molar-refractivity contribution < 1.29 is 17.6 Å². The topological polar surface area (TPSA) is 66.5 Å². The molecule has 1 amide bonds. The zero-order chi connectivity index (χ0) is 18.1. The number of nitrogens with zero attached hydrogens (tertiary/aromatic N) is 1. The maximum Gasteiger partial charge on any atom is 0.255 e. The molecule has 0 saturated heterocycles. The van der Waals surface area contributed by atoms with E-state index in [0.717, 1.165) is 16.4 Å². The number of nitrogens with one attached hydrogen (secondary N) is 1.